The minimum atomic E-state index is 0.0480. The van der Waals surface area contributed by atoms with Gasteiger partial charge >= 0.3 is 0 Å². The van der Waals surface area contributed by atoms with E-state index in [1.165, 1.54) is 50.9 Å². The van der Waals surface area contributed by atoms with Crippen molar-refractivity contribution in [2.45, 2.75) is 57.8 Å². The molecule has 0 aliphatic carbocycles. The molecule has 1 amide bonds. The first-order valence-corrected chi connectivity index (χ1v) is 13.7. The summed E-state index contributed by atoms with van der Waals surface area (Å²) in [4.78, 5) is 24.8. The van der Waals surface area contributed by atoms with E-state index in [9.17, 15) is 4.79 Å². The molecule has 0 N–H and O–H groups in total. The number of carbonyl (C=O) groups excluding carboxylic acids is 1. The summed E-state index contributed by atoms with van der Waals surface area (Å²) in [6.45, 7) is 8.67. The molecule has 0 aromatic carbocycles. The fourth-order valence-corrected chi connectivity index (χ4v) is 7.12. The maximum Gasteiger partial charge on any atom is 0.252 e. The zero-order valence-corrected chi connectivity index (χ0v) is 21.1. The van der Waals surface area contributed by atoms with Gasteiger partial charge in [-0.25, -0.2) is 4.52 Å². The summed E-state index contributed by atoms with van der Waals surface area (Å²) in [6, 6.07) is 2.79. The van der Waals surface area contributed by atoms with Crippen molar-refractivity contribution in [2.24, 2.45) is 0 Å². The van der Waals surface area contributed by atoms with Crippen molar-refractivity contribution in [3.8, 4) is 0 Å². The van der Waals surface area contributed by atoms with Gasteiger partial charge in [-0.3, -0.25) is 9.78 Å². The number of piperidine rings is 2. The second kappa shape index (κ2) is 8.94. The van der Waals surface area contributed by atoms with E-state index in [1.807, 2.05) is 29.5 Å². The number of allylic oxidation sites excluding steroid dienone is 1. The van der Waals surface area contributed by atoms with Crippen LogP contribution in [0.1, 0.15) is 49.2 Å². The van der Waals surface area contributed by atoms with E-state index in [-0.39, 0.29) is 11.7 Å². The highest BCUT2D eigenvalue weighted by atomic mass is 31.1. The average molecular weight is 477 g/mol. The Morgan fingerprint density at radius 1 is 1.06 bits per heavy atom. The molecule has 0 spiro atoms. The fourth-order valence-electron chi connectivity index (χ4n) is 5.80. The first kappa shape index (κ1) is 22.0. The van der Waals surface area contributed by atoms with Crippen LogP contribution >= 0.6 is 8.58 Å². The van der Waals surface area contributed by atoms with Crippen LogP contribution < -0.4 is 0 Å². The maximum absolute atomic E-state index is 13.1. The summed E-state index contributed by atoms with van der Waals surface area (Å²) < 4.78 is 1.89. The van der Waals surface area contributed by atoms with Crippen LogP contribution in [0.4, 0.5) is 0 Å². The first-order chi connectivity index (χ1) is 16.5. The van der Waals surface area contributed by atoms with Gasteiger partial charge in [-0.2, -0.15) is 5.10 Å². The quantitative estimate of drug-likeness (QED) is 0.629. The molecule has 4 aliphatic rings. The zero-order valence-electron chi connectivity index (χ0n) is 20.1. The molecule has 2 fully saturated rings. The minimum absolute atomic E-state index is 0.0480. The van der Waals surface area contributed by atoms with E-state index in [4.69, 9.17) is 5.10 Å². The molecule has 0 radical (unpaired) electrons. The molecule has 2 aromatic heterocycles. The second-order valence-corrected chi connectivity index (χ2v) is 11.4. The topological polar surface area (TPSA) is 57.0 Å². The highest BCUT2D eigenvalue weighted by Crippen LogP contribution is 2.44. The normalized spacial score (nSPS) is 25.1. The Bertz CT molecular complexity index is 1200. The van der Waals surface area contributed by atoms with Gasteiger partial charge in [0.05, 0.1) is 40.3 Å². The van der Waals surface area contributed by atoms with Crippen LogP contribution in [0, 0.1) is 13.8 Å². The molecule has 8 heteroatoms. The maximum atomic E-state index is 13.1. The summed E-state index contributed by atoms with van der Waals surface area (Å²) in [5, 5.41) is 5.78. The molecule has 2 aromatic rings. The van der Waals surface area contributed by atoms with Crippen molar-refractivity contribution in [1.29, 1.82) is 0 Å². The minimum Gasteiger partial charge on any atom is -0.370 e. The van der Waals surface area contributed by atoms with Crippen LogP contribution in [0.2, 0.25) is 0 Å². The highest BCUT2D eigenvalue weighted by molar-refractivity contribution is 7.51. The molecule has 7 nitrogen and oxygen atoms in total. The van der Waals surface area contributed by atoms with Gasteiger partial charge in [0.2, 0.25) is 0 Å². The summed E-state index contributed by atoms with van der Waals surface area (Å²) in [5.41, 5.74) is 4.95. The second-order valence-electron chi connectivity index (χ2n) is 9.95. The van der Waals surface area contributed by atoms with Gasteiger partial charge in [-0.1, -0.05) is 21.1 Å². The fraction of sp³-hybridized carbons (Fsp3) is 0.500. The summed E-state index contributed by atoms with van der Waals surface area (Å²) in [7, 11) is 0.475. The lowest BCUT2D eigenvalue weighted by atomic mass is 9.99. The van der Waals surface area contributed by atoms with Gasteiger partial charge in [0.1, 0.15) is 0 Å². The smallest absolute Gasteiger partial charge is 0.252 e. The number of hydrogen-bond acceptors (Lipinski definition) is 5. The van der Waals surface area contributed by atoms with Crippen molar-refractivity contribution in [1.82, 2.24) is 29.3 Å². The molecule has 2 atom stereocenters. The van der Waals surface area contributed by atoms with Crippen molar-refractivity contribution in [3.05, 3.63) is 59.5 Å². The van der Waals surface area contributed by atoms with E-state index >= 15 is 0 Å². The number of likely N-dealkylation sites (tertiary alicyclic amines) is 2. The van der Waals surface area contributed by atoms with Gasteiger partial charge in [0, 0.05) is 36.7 Å². The van der Waals surface area contributed by atoms with Crippen molar-refractivity contribution < 1.29 is 4.79 Å². The SMILES string of the molecule is Cc1cn2nc(C3=CC(=O)N4C=C(N5CCC(N6CCCCC6)CC5)C=CC4P3)cc2c(C)n1. The van der Waals surface area contributed by atoms with Gasteiger partial charge in [-0.15, -0.1) is 0 Å². The van der Waals surface area contributed by atoms with Gasteiger partial charge in [0.25, 0.3) is 5.91 Å². The van der Waals surface area contributed by atoms with E-state index in [2.05, 4.69) is 39.2 Å². The Labute approximate surface area is 203 Å². The molecule has 6 heterocycles. The number of hydrogen-bond donors (Lipinski definition) is 0. The van der Waals surface area contributed by atoms with E-state index in [1.54, 1.807) is 6.08 Å². The first-order valence-electron chi connectivity index (χ1n) is 12.6. The number of carbonyl (C=O) groups is 1. The standard InChI is InChI=1S/C26H33N6OP/c1-18-16-32-23(19(2)27-18)14-22(28-32)24-15-25(33)31-17-21(6-7-26(31)34-24)30-12-8-20(9-13-30)29-10-4-3-5-11-29/h6-7,14-17,20,26,34H,3-5,8-13H2,1-2H3. The van der Waals surface area contributed by atoms with Crippen LogP contribution in [0.25, 0.3) is 10.8 Å². The monoisotopic (exact) mass is 476 g/mol. The third-order valence-electron chi connectivity index (χ3n) is 7.62. The number of rotatable bonds is 3. The molecule has 4 aliphatic heterocycles. The van der Waals surface area contributed by atoms with E-state index in [0.29, 0.717) is 8.58 Å². The lowest BCUT2D eigenvalue weighted by Crippen LogP contribution is -2.47. The third-order valence-corrected chi connectivity index (χ3v) is 9.10. The Morgan fingerprint density at radius 2 is 1.85 bits per heavy atom. The van der Waals surface area contributed by atoms with Crippen LogP contribution in [-0.2, 0) is 4.79 Å². The van der Waals surface area contributed by atoms with E-state index in [0.717, 1.165) is 47.0 Å². The lowest BCUT2D eigenvalue weighted by Gasteiger charge is -2.42. The summed E-state index contributed by atoms with van der Waals surface area (Å²) >= 11 is 0. The Hall–Kier alpha value is -2.50. The van der Waals surface area contributed by atoms with Crippen molar-refractivity contribution >= 4 is 25.3 Å². The van der Waals surface area contributed by atoms with Crippen LogP contribution in [0.3, 0.4) is 0 Å². The van der Waals surface area contributed by atoms with Crippen LogP contribution in [-0.4, -0.2) is 73.2 Å². The van der Waals surface area contributed by atoms with Gasteiger partial charge < -0.3 is 14.7 Å². The molecule has 0 bridgehead atoms. The van der Waals surface area contributed by atoms with Crippen LogP contribution in [0.15, 0.2) is 42.4 Å². The van der Waals surface area contributed by atoms with Gasteiger partial charge in [0.15, 0.2) is 0 Å². The lowest BCUT2D eigenvalue weighted by molar-refractivity contribution is -0.123. The van der Waals surface area contributed by atoms with Crippen molar-refractivity contribution in [2.75, 3.05) is 26.2 Å². The summed E-state index contributed by atoms with van der Waals surface area (Å²) in [6.07, 6.45) is 16.8. The molecule has 178 valence electrons. The largest absolute Gasteiger partial charge is 0.370 e. The Kier molecular flexibility index (Phi) is 5.78. The number of amides is 1. The predicted octanol–water partition coefficient (Wildman–Crippen LogP) is 3.90. The highest BCUT2D eigenvalue weighted by Gasteiger charge is 2.32. The molecule has 34 heavy (non-hydrogen) atoms. The van der Waals surface area contributed by atoms with E-state index < -0.39 is 0 Å². The molecule has 0 saturated carbocycles. The van der Waals surface area contributed by atoms with Crippen LogP contribution in [0.5, 0.6) is 0 Å². The number of nitrogens with zero attached hydrogens (tertiary/aromatic N) is 6. The summed E-state index contributed by atoms with van der Waals surface area (Å²) in [5.74, 6) is 0.125. The van der Waals surface area contributed by atoms with Crippen molar-refractivity contribution in [3.63, 3.8) is 0 Å². The molecule has 2 unspecified atom stereocenters. The molecule has 2 saturated heterocycles. The Morgan fingerprint density at radius 3 is 2.65 bits per heavy atom. The number of aryl methyl sites for hydroxylation is 2. The molecular weight excluding hydrogens is 443 g/mol. The molecule has 6 rings (SSSR count). The average Bonchev–Trinajstić information content (AvgIpc) is 3.29. The zero-order chi connectivity index (χ0) is 23.2. The number of aromatic nitrogens is 3. The Balaban J connectivity index is 1.16. The molecular formula is C26H33N6OP. The third kappa shape index (κ3) is 4.09. The van der Waals surface area contributed by atoms with Gasteiger partial charge in [-0.05, 0) is 64.8 Å². The predicted molar refractivity (Wildman–Crippen MR) is 137 cm³/mol. The number of fused-ring (bicyclic) bond motifs is 2.